The van der Waals surface area contributed by atoms with Gasteiger partial charge in [-0.15, -0.1) is 0 Å². The van der Waals surface area contributed by atoms with Gasteiger partial charge in [0, 0.05) is 22.2 Å². The molecule has 4 heterocycles. The van der Waals surface area contributed by atoms with Crippen LogP contribution in [-0.4, -0.2) is 16.1 Å². The molecule has 2 bridgehead atoms. The summed E-state index contributed by atoms with van der Waals surface area (Å²) in [5.74, 6) is 1.16. The van der Waals surface area contributed by atoms with E-state index < -0.39 is 17.7 Å². The molecule has 0 radical (unpaired) electrons. The number of hydrogen-bond acceptors (Lipinski definition) is 6. The zero-order valence-corrected chi connectivity index (χ0v) is 19.9. The third-order valence-electron chi connectivity index (χ3n) is 6.33. The van der Waals surface area contributed by atoms with Crippen LogP contribution >= 0.6 is 22.9 Å². The fourth-order valence-electron chi connectivity index (χ4n) is 4.91. The van der Waals surface area contributed by atoms with Crippen molar-refractivity contribution >= 4 is 34.8 Å². The van der Waals surface area contributed by atoms with Crippen LogP contribution in [0.2, 0.25) is 5.02 Å². The smallest absolute Gasteiger partial charge is 0.271 e. The number of ketones is 1. The molecule has 2 aliphatic rings. The maximum Gasteiger partial charge on any atom is 0.271 e. The number of furan rings is 1. The number of fused-ring (bicyclic) bond motifs is 6. The summed E-state index contributed by atoms with van der Waals surface area (Å²) in [7, 11) is 0. The summed E-state index contributed by atoms with van der Waals surface area (Å²) >= 11 is 7.36. The Morgan fingerprint density at radius 2 is 2.00 bits per heavy atom. The molecule has 8 heteroatoms. The summed E-state index contributed by atoms with van der Waals surface area (Å²) in [6, 6.07) is 18.1. The predicted octanol–water partition coefficient (Wildman–Crippen LogP) is 4.19. The first-order chi connectivity index (χ1) is 16.3. The molecular weight excluding hydrogens is 472 g/mol. The molecule has 0 saturated heterocycles. The molecule has 0 spiro atoms. The van der Waals surface area contributed by atoms with Gasteiger partial charge in [0.2, 0.25) is 5.72 Å². The lowest BCUT2D eigenvalue weighted by Crippen LogP contribution is -2.58. The van der Waals surface area contributed by atoms with Crippen molar-refractivity contribution in [1.82, 2.24) is 4.57 Å². The lowest BCUT2D eigenvalue weighted by molar-refractivity contribution is -0.132. The third-order valence-corrected chi connectivity index (χ3v) is 7.55. The van der Waals surface area contributed by atoms with Crippen LogP contribution in [-0.2, 0) is 4.79 Å². The molecule has 4 aromatic rings. The fraction of sp³-hybridized carbons (Fsp3) is 0.192. The molecule has 0 fully saturated rings. The maximum atomic E-state index is 13.6. The van der Waals surface area contributed by atoms with E-state index in [1.54, 1.807) is 16.7 Å². The van der Waals surface area contributed by atoms with Gasteiger partial charge in [0.25, 0.3) is 5.56 Å². The van der Waals surface area contributed by atoms with E-state index in [1.165, 1.54) is 18.3 Å². The lowest BCUT2D eigenvalue weighted by Gasteiger charge is -2.45. The van der Waals surface area contributed by atoms with Crippen LogP contribution in [0.1, 0.15) is 31.2 Å². The highest BCUT2D eigenvalue weighted by molar-refractivity contribution is 7.07. The second kappa shape index (κ2) is 7.55. The van der Waals surface area contributed by atoms with E-state index in [-0.39, 0.29) is 11.3 Å². The topological polar surface area (TPSA) is 73.8 Å². The molecule has 2 aromatic heterocycles. The molecule has 0 saturated carbocycles. The van der Waals surface area contributed by atoms with Gasteiger partial charge in [-0.05, 0) is 44.2 Å². The number of aromatic nitrogens is 1. The Hall–Kier alpha value is -3.42. The number of halogens is 1. The van der Waals surface area contributed by atoms with E-state index in [0.29, 0.717) is 31.6 Å². The van der Waals surface area contributed by atoms with Gasteiger partial charge in [0.15, 0.2) is 4.80 Å². The highest BCUT2D eigenvalue weighted by Crippen LogP contribution is 2.47. The highest BCUT2D eigenvalue weighted by atomic mass is 35.5. The summed E-state index contributed by atoms with van der Waals surface area (Å²) in [6.45, 7) is 3.33. The van der Waals surface area contributed by atoms with Crippen LogP contribution in [0.5, 0.6) is 5.75 Å². The van der Waals surface area contributed by atoms with Gasteiger partial charge < -0.3 is 9.15 Å². The number of nitrogens with zero attached hydrogens (tertiary/aromatic N) is 2. The molecule has 0 aliphatic carbocycles. The minimum Gasteiger partial charge on any atom is -0.465 e. The van der Waals surface area contributed by atoms with E-state index in [4.69, 9.17) is 25.7 Å². The second-order valence-corrected chi connectivity index (χ2v) is 10.1. The summed E-state index contributed by atoms with van der Waals surface area (Å²) in [6.07, 6.45) is 1.71. The summed E-state index contributed by atoms with van der Waals surface area (Å²) in [4.78, 5) is 31.6. The average Bonchev–Trinajstić information content (AvgIpc) is 3.37. The molecule has 6 nitrogen and oxygen atoms in total. The van der Waals surface area contributed by atoms with Crippen molar-refractivity contribution in [1.29, 1.82) is 0 Å². The minimum atomic E-state index is -1.08. The lowest BCUT2D eigenvalue weighted by atomic mass is 9.79. The van der Waals surface area contributed by atoms with Crippen LogP contribution in [0.4, 0.5) is 0 Å². The molecule has 0 amide bonds. The Balaban J connectivity index is 1.52. The molecule has 0 unspecified atom stereocenters. The van der Waals surface area contributed by atoms with Gasteiger partial charge in [-0.1, -0.05) is 53.3 Å². The van der Waals surface area contributed by atoms with Crippen LogP contribution < -0.4 is 19.6 Å². The largest absolute Gasteiger partial charge is 0.465 e. The number of carbonyl (C=O) groups excluding carboxylic acids is 1. The number of ether oxygens (including phenoxy) is 1. The first kappa shape index (κ1) is 21.1. The molecule has 0 N–H and O–H groups in total. The summed E-state index contributed by atoms with van der Waals surface area (Å²) in [5, 5.41) is 0.618. The third kappa shape index (κ3) is 3.19. The minimum absolute atomic E-state index is 0.0720. The van der Waals surface area contributed by atoms with Crippen molar-refractivity contribution in [3.05, 3.63) is 96.7 Å². The monoisotopic (exact) mass is 490 g/mol. The van der Waals surface area contributed by atoms with Gasteiger partial charge in [0.1, 0.15) is 29.0 Å². The maximum absolute atomic E-state index is 13.6. The van der Waals surface area contributed by atoms with Gasteiger partial charge in [0.05, 0.1) is 10.6 Å². The molecule has 34 heavy (non-hydrogen) atoms. The molecule has 2 aliphatic heterocycles. The van der Waals surface area contributed by atoms with E-state index in [0.717, 1.165) is 11.1 Å². The Morgan fingerprint density at radius 1 is 1.18 bits per heavy atom. The van der Waals surface area contributed by atoms with Crippen molar-refractivity contribution in [3.8, 4) is 17.1 Å². The number of thiazole rings is 1. The Morgan fingerprint density at radius 3 is 2.79 bits per heavy atom. The van der Waals surface area contributed by atoms with E-state index in [1.807, 2.05) is 61.5 Å². The number of para-hydroxylation sites is 1. The number of benzene rings is 2. The zero-order chi connectivity index (χ0) is 23.6. The first-order valence-corrected chi connectivity index (χ1v) is 12.0. The number of hydrogen-bond donors (Lipinski definition) is 0. The van der Waals surface area contributed by atoms with Gasteiger partial charge in [-0.3, -0.25) is 14.2 Å². The molecule has 6 rings (SSSR count). The second-order valence-electron chi connectivity index (χ2n) is 8.62. The van der Waals surface area contributed by atoms with Crippen molar-refractivity contribution in [2.45, 2.75) is 25.6 Å². The van der Waals surface area contributed by atoms with Crippen molar-refractivity contribution in [2.24, 2.45) is 10.9 Å². The summed E-state index contributed by atoms with van der Waals surface area (Å²) in [5.41, 5.74) is 0.372. The number of rotatable bonds is 3. The molecule has 2 aromatic carbocycles. The predicted molar refractivity (Wildman–Crippen MR) is 130 cm³/mol. The molecule has 3 atom stereocenters. The van der Waals surface area contributed by atoms with Crippen molar-refractivity contribution in [2.75, 3.05) is 0 Å². The van der Waals surface area contributed by atoms with Gasteiger partial charge >= 0.3 is 0 Å². The van der Waals surface area contributed by atoms with Crippen LogP contribution in [0.25, 0.3) is 17.4 Å². The molecular formula is C26H19ClN2O4S. The standard InChI is InChI=1S/C26H19ClN2O4S/c1-14(30)22-23-18-8-3-4-9-20(18)33-26(22,2)28-25-29(23)24(31)21(34-25)13-17-10-11-19(32-17)15-6-5-7-16(27)12-15/h3-13,22-23H,1-2H3/b21-13+/t22-,23+,26+/m1/s1. The van der Waals surface area contributed by atoms with Crippen LogP contribution in [0, 0.1) is 5.92 Å². The Labute approximate surface area is 203 Å². The fourth-order valence-corrected chi connectivity index (χ4v) is 6.18. The number of carbonyl (C=O) groups is 1. The first-order valence-electron chi connectivity index (χ1n) is 10.8. The van der Waals surface area contributed by atoms with E-state index in [9.17, 15) is 9.59 Å². The normalized spacial score (nSPS) is 23.0. The van der Waals surface area contributed by atoms with Crippen molar-refractivity contribution in [3.63, 3.8) is 0 Å². The Kier molecular flexibility index (Phi) is 4.69. The summed E-state index contributed by atoms with van der Waals surface area (Å²) < 4.78 is 14.3. The highest BCUT2D eigenvalue weighted by Gasteiger charge is 2.53. The molecule has 170 valence electrons. The Bertz CT molecular complexity index is 1650. The van der Waals surface area contributed by atoms with Crippen LogP contribution in [0.15, 0.2) is 74.9 Å². The SMILES string of the molecule is CC(=O)[C@@H]1[C@@H]2c3ccccc3O[C@]1(C)N=c1s/c(=C/c3ccc(-c4cccc(Cl)c4)o3)c(=O)n12. The van der Waals surface area contributed by atoms with Crippen molar-refractivity contribution < 1.29 is 13.9 Å². The average molecular weight is 491 g/mol. The quantitative estimate of drug-likeness (QED) is 0.431. The number of Topliss-reactive ketones (excluding diaryl/α,β-unsaturated/α-hetero) is 1. The van der Waals surface area contributed by atoms with E-state index >= 15 is 0 Å². The van der Waals surface area contributed by atoms with Crippen LogP contribution in [0.3, 0.4) is 0 Å². The van der Waals surface area contributed by atoms with Gasteiger partial charge in [-0.2, -0.15) is 0 Å². The van der Waals surface area contributed by atoms with E-state index in [2.05, 4.69) is 0 Å². The van der Waals surface area contributed by atoms with Gasteiger partial charge in [-0.25, -0.2) is 4.99 Å². The zero-order valence-electron chi connectivity index (χ0n) is 18.3.